The topological polar surface area (TPSA) is 80.9 Å². The van der Waals surface area contributed by atoms with E-state index in [1.807, 2.05) is 0 Å². The molecule has 1 aliphatic rings. The van der Waals surface area contributed by atoms with Crippen LogP contribution in [0, 0.1) is 0 Å². The minimum atomic E-state index is -4.76. The number of benzene rings is 2. The van der Waals surface area contributed by atoms with Gasteiger partial charge in [-0.05, 0) is 12.1 Å². The van der Waals surface area contributed by atoms with Gasteiger partial charge in [-0.15, -0.1) is 5.10 Å². The Morgan fingerprint density at radius 1 is 0.842 bits per heavy atom. The van der Waals surface area contributed by atoms with Gasteiger partial charge in [-0.1, -0.05) is 36.4 Å². The van der Waals surface area contributed by atoms with Gasteiger partial charge < -0.3 is 5.32 Å². The molecule has 4 aromatic rings. The molecule has 0 atom stereocenters. The predicted octanol–water partition coefficient (Wildman–Crippen LogP) is 5.44. The lowest BCUT2D eigenvalue weighted by Gasteiger charge is -2.13. The van der Waals surface area contributed by atoms with E-state index in [0.29, 0.717) is 30.1 Å². The van der Waals surface area contributed by atoms with Crippen molar-refractivity contribution >= 4 is 17.6 Å². The maximum atomic E-state index is 13.9. The average Bonchev–Trinajstić information content (AvgIpc) is 3.57. The van der Waals surface area contributed by atoms with Crippen molar-refractivity contribution in [1.82, 2.24) is 30.0 Å². The van der Waals surface area contributed by atoms with Crippen molar-refractivity contribution in [2.75, 3.05) is 13.1 Å². The molecule has 194 valence electrons. The van der Waals surface area contributed by atoms with Crippen LogP contribution < -0.4 is 5.32 Å². The van der Waals surface area contributed by atoms with E-state index >= 15 is 0 Å². The summed E-state index contributed by atoms with van der Waals surface area (Å²) in [5.41, 5.74) is -1.94. The van der Waals surface area contributed by atoms with Crippen molar-refractivity contribution in [1.29, 1.82) is 0 Å². The number of alkyl halides is 6. The average molecular weight is 529 g/mol. The molecule has 0 spiro atoms. The van der Waals surface area contributed by atoms with E-state index in [1.54, 1.807) is 0 Å². The number of aliphatic imine (C=N–C) groups is 1. The molecular weight excluding hydrogens is 512 g/mol. The fourth-order valence-electron chi connectivity index (χ4n) is 3.97. The fourth-order valence-corrected chi connectivity index (χ4v) is 3.97. The van der Waals surface area contributed by atoms with Gasteiger partial charge in [0.1, 0.15) is 12.2 Å². The second kappa shape index (κ2) is 9.72. The van der Waals surface area contributed by atoms with Gasteiger partial charge in [0, 0.05) is 47.4 Å². The third-order valence-electron chi connectivity index (χ3n) is 5.63. The van der Waals surface area contributed by atoms with Gasteiger partial charge in [0.15, 0.2) is 11.6 Å². The summed E-state index contributed by atoms with van der Waals surface area (Å²) in [4.78, 5) is 16.5. The molecule has 0 saturated heterocycles. The summed E-state index contributed by atoms with van der Waals surface area (Å²) < 4.78 is 84.1. The van der Waals surface area contributed by atoms with Crippen LogP contribution in [0.2, 0.25) is 0 Å². The molecule has 38 heavy (non-hydrogen) atoms. The Hall–Kier alpha value is -4.55. The summed E-state index contributed by atoms with van der Waals surface area (Å²) >= 11 is 0. The number of amidine groups is 1. The van der Waals surface area contributed by atoms with Gasteiger partial charge in [-0.25, -0.2) is 19.6 Å². The molecule has 7 nitrogen and oxygen atoms in total. The molecule has 13 heteroatoms. The minimum absolute atomic E-state index is 0.308. The summed E-state index contributed by atoms with van der Waals surface area (Å²) in [7, 11) is 0. The number of hydrogen-bond donors (Lipinski definition) is 1. The first kappa shape index (κ1) is 25.1. The van der Waals surface area contributed by atoms with Gasteiger partial charge in [0.05, 0.1) is 17.7 Å². The number of nitrogens with one attached hydrogen (secondary N) is 1. The molecule has 2 aromatic carbocycles. The molecule has 0 radical (unpaired) electrons. The zero-order chi connectivity index (χ0) is 26.9. The van der Waals surface area contributed by atoms with E-state index in [2.05, 4.69) is 30.4 Å². The first-order valence-corrected chi connectivity index (χ1v) is 11.2. The van der Waals surface area contributed by atoms with Gasteiger partial charge >= 0.3 is 12.4 Å². The van der Waals surface area contributed by atoms with E-state index in [9.17, 15) is 26.3 Å². The molecule has 0 bridgehead atoms. The Morgan fingerprint density at radius 2 is 1.45 bits per heavy atom. The first-order valence-electron chi connectivity index (χ1n) is 11.2. The molecular formula is C25H17F6N7. The van der Waals surface area contributed by atoms with Gasteiger partial charge in [-0.2, -0.15) is 26.3 Å². The van der Waals surface area contributed by atoms with Gasteiger partial charge in [-0.3, -0.25) is 4.99 Å². The van der Waals surface area contributed by atoms with Crippen LogP contribution in [0.3, 0.4) is 0 Å². The second-order valence-corrected chi connectivity index (χ2v) is 8.12. The van der Waals surface area contributed by atoms with E-state index in [0.717, 1.165) is 16.8 Å². The van der Waals surface area contributed by atoms with Crippen molar-refractivity contribution in [3.63, 3.8) is 0 Å². The summed E-state index contributed by atoms with van der Waals surface area (Å²) in [5.74, 6) is -0.299. The lowest BCUT2D eigenvalue weighted by atomic mass is 10.1. The number of hydrogen-bond acceptors (Lipinski definition) is 6. The summed E-state index contributed by atoms with van der Waals surface area (Å²) in [5, 5.41) is 7.30. The number of aromatic nitrogens is 5. The Labute approximate surface area is 211 Å². The Kier molecular flexibility index (Phi) is 6.43. The first-order chi connectivity index (χ1) is 18.1. The third kappa shape index (κ3) is 4.99. The van der Waals surface area contributed by atoms with Crippen LogP contribution in [0.4, 0.5) is 26.3 Å². The molecule has 0 saturated carbocycles. The summed E-state index contributed by atoms with van der Waals surface area (Å²) in [6.07, 6.45) is -3.89. The van der Waals surface area contributed by atoms with Crippen molar-refractivity contribution in [2.24, 2.45) is 4.99 Å². The van der Waals surface area contributed by atoms with Crippen LogP contribution in [0.5, 0.6) is 0 Å². The van der Waals surface area contributed by atoms with Crippen LogP contribution in [0.1, 0.15) is 16.7 Å². The quantitative estimate of drug-likeness (QED) is 0.349. The Morgan fingerprint density at radius 3 is 2.05 bits per heavy atom. The molecule has 0 fully saturated rings. The van der Waals surface area contributed by atoms with Crippen molar-refractivity contribution in [3.8, 4) is 22.8 Å². The molecule has 0 amide bonds. The fraction of sp³-hybridized carbons (Fsp3) is 0.160. The highest BCUT2D eigenvalue weighted by molar-refractivity contribution is 6.26. The third-order valence-corrected chi connectivity index (χ3v) is 5.63. The Balaban J connectivity index is 1.78. The molecule has 1 aliphatic heterocycles. The minimum Gasteiger partial charge on any atom is -0.368 e. The second-order valence-electron chi connectivity index (χ2n) is 8.12. The number of nitrogens with zero attached hydrogens (tertiary/aromatic N) is 6. The highest BCUT2D eigenvalue weighted by atomic mass is 19.4. The van der Waals surface area contributed by atoms with E-state index in [1.165, 1.54) is 61.3 Å². The highest BCUT2D eigenvalue weighted by Gasteiger charge is 2.37. The maximum Gasteiger partial charge on any atom is 0.417 e. The van der Waals surface area contributed by atoms with Crippen LogP contribution in [-0.4, -0.2) is 43.7 Å². The molecule has 3 heterocycles. The maximum absolute atomic E-state index is 13.9. The highest BCUT2D eigenvalue weighted by Crippen LogP contribution is 2.39. The van der Waals surface area contributed by atoms with E-state index < -0.39 is 29.3 Å². The van der Waals surface area contributed by atoms with E-state index in [-0.39, 0.29) is 17.0 Å². The largest absolute Gasteiger partial charge is 0.417 e. The standard InChI is InChI=1S/C25H17F6N7/c26-24(27,28)19-7-3-1-5-16(19)22-36-23(17-6-2-4-8-20(17)25(29,30)31)38(37-22)13-18(21-34-9-10-35-21)15-11-32-14-33-12-15/h1-8,11-14H,9-10H2,(H,34,35). The molecule has 0 aliphatic carbocycles. The van der Waals surface area contributed by atoms with Crippen LogP contribution in [-0.2, 0) is 12.4 Å². The lowest BCUT2D eigenvalue weighted by molar-refractivity contribution is -0.137. The van der Waals surface area contributed by atoms with Gasteiger partial charge in [0.25, 0.3) is 0 Å². The van der Waals surface area contributed by atoms with Crippen LogP contribution in [0.15, 0.2) is 72.2 Å². The normalized spacial score (nSPS) is 14.4. The zero-order valence-electron chi connectivity index (χ0n) is 19.3. The lowest BCUT2D eigenvalue weighted by Crippen LogP contribution is -2.20. The smallest absolute Gasteiger partial charge is 0.368 e. The summed E-state index contributed by atoms with van der Waals surface area (Å²) in [6.45, 7) is 0.970. The molecule has 0 unspecified atom stereocenters. The zero-order valence-corrected chi connectivity index (χ0v) is 19.3. The van der Waals surface area contributed by atoms with Gasteiger partial charge in [0.2, 0.25) is 0 Å². The monoisotopic (exact) mass is 529 g/mol. The van der Waals surface area contributed by atoms with Crippen LogP contribution in [0.25, 0.3) is 34.5 Å². The van der Waals surface area contributed by atoms with E-state index in [4.69, 9.17) is 0 Å². The predicted molar refractivity (Wildman–Crippen MR) is 127 cm³/mol. The number of halogens is 6. The van der Waals surface area contributed by atoms with Crippen molar-refractivity contribution in [2.45, 2.75) is 12.4 Å². The van der Waals surface area contributed by atoms with Crippen molar-refractivity contribution in [3.05, 3.63) is 83.9 Å². The SMILES string of the molecule is FC(F)(F)c1ccccc1-c1nc(-c2ccccc2C(F)(F)F)n(C=C(C2=NCCN2)c2cncnc2)n1. The number of rotatable bonds is 5. The molecule has 2 aromatic heterocycles. The molecule has 1 N–H and O–H groups in total. The molecule has 5 rings (SSSR count). The van der Waals surface area contributed by atoms with Crippen LogP contribution >= 0.6 is 0 Å². The van der Waals surface area contributed by atoms with Crippen molar-refractivity contribution < 1.29 is 26.3 Å². The Bertz CT molecular complexity index is 1520. The summed E-state index contributed by atoms with van der Waals surface area (Å²) in [6, 6.07) is 9.26.